The average molecular weight is 467 g/mol. The first-order valence-electron chi connectivity index (χ1n) is 10.2. The SMILES string of the molecule is CC[C@@H](C)N(Cc1ccc(OS(=O)(=O)c2c(C)cccc2Cl)cc1)C(=O)NC(C)(C)C. The van der Waals surface area contributed by atoms with Crippen LogP contribution >= 0.6 is 11.6 Å². The molecule has 170 valence electrons. The maximum absolute atomic E-state index is 12.7. The molecule has 2 amide bonds. The molecule has 2 aromatic rings. The van der Waals surface area contributed by atoms with E-state index in [0.717, 1.165) is 12.0 Å². The van der Waals surface area contributed by atoms with E-state index in [2.05, 4.69) is 5.32 Å². The summed E-state index contributed by atoms with van der Waals surface area (Å²) in [6.07, 6.45) is 0.814. The molecule has 0 radical (unpaired) electrons. The molecule has 6 nitrogen and oxygen atoms in total. The first-order chi connectivity index (χ1) is 14.3. The Morgan fingerprint density at radius 2 is 1.77 bits per heavy atom. The maximum atomic E-state index is 12.7. The van der Waals surface area contributed by atoms with E-state index in [-0.39, 0.29) is 33.3 Å². The number of rotatable bonds is 7. The minimum atomic E-state index is -4.07. The van der Waals surface area contributed by atoms with E-state index >= 15 is 0 Å². The number of benzene rings is 2. The normalized spacial score (nSPS) is 12.9. The molecule has 2 aromatic carbocycles. The quantitative estimate of drug-likeness (QED) is 0.544. The van der Waals surface area contributed by atoms with Crippen LogP contribution in [0.3, 0.4) is 0 Å². The maximum Gasteiger partial charge on any atom is 0.340 e. The van der Waals surface area contributed by atoms with Gasteiger partial charge in [-0.15, -0.1) is 0 Å². The van der Waals surface area contributed by atoms with Crippen molar-refractivity contribution in [2.45, 2.75) is 71.0 Å². The standard InChI is InChI=1S/C23H31ClN2O4S/c1-7-17(3)26(22(27)25-23(4,5)6)15-18-11-13-19(14-12-18)30-31(28,29)21-16(2)9-8-10-20(21)24/h8-14,17H,7,15H2,1-6H3,(H,25,27)/t17-/m1/s1. The summed E-state index contributed by atoms with van der Waals surface area (Å²) >= 11 is 6.08. The van der Waals surface area contributed by atoms with Crippen LogP contribution < -0.4 is 9.50 Å². The number of hydrogen-bond donors (Lipinski definition) is 1. The molecule has 0 saturated heterocycles. The Morgan fingerprint density at radius 1 is 1.16 bits per heavy atom. The number of amides is 2. The number of hydrogen-bond acceptors (Lipinski definition) is 4. The Labute approximate surface area is 190 Å². The van der Waals surface area contributed by atoms with Crippen molar-refractivity contribution < 1.29 is 17.4 Å². The van der Waals surface area contributed by atoms with Gasteiger partial charge in [-0.3, -0.25) is 0 Å². The van der Waals surface area contributed by atoms with E-state index in [9.17, 15) is 13.2 Å². The van der Waals surface area contributed by atoms with Crippen LogP contribution in [-0.2, 0) is 16.7 Å². The van der Waals surface area contributed by atoms with E-state index in [1.807, 2.05) is 34.6 Å². The van der Waals surface area contributed by atoms with Crippen LogP contribution in [0.25, 0.3) is 0 Å². The summed E-state index contributed by atoms with van der Waals surface area (Å²) in [6.45, 7) is 11.9. The third-order valence-electron chi connectivity index (χ3n) is 4.76. The molecule has 0 saturated carbocycles. The molecular formula is C23H31ClN2O4S. The van der Waals surface area contributed by atoms with Crippen LogP contribution in [-0.4, -0.2) is 30.9 Å². The van der Waals surface area contributed by atoms with Crippen LogP contribution in [0.15, 0.2) is 47.4 Å². The second-order valence-corrected chi connectivity index (χ2v) is 10.5. The van der Waals surface area contributed by atoms with Gasteiger partial charge in [0.1, 0.15) is 10.6 Å². The second-order valence-electron chi connectivity index (χ2n) is 8.63. The zero-order valence-electron chi connectivity index (χ0n) is 18.9. The number of aryl methyl sites for hydroxylation is 1. The number of halogens is 1. The molecule has 1 atom stereocenters. The van der Waals surface area contributed by atoms with E-state index in [0.29, 0.717) is 12.1 Å². The Bertz CT molecular complexity index is 995. The molecule has 0 unspecified atom stereocenters. The summed E-state index contributed by atoms with van der Waals surface area (Å²) in [5, 5.41) is 3.11. The van der Waals surface area contributed by atoms with Crippen molar-refractivity contribution in [1.29, 1.82) is 0 Å². The molecule has 0 heterocycles. The van der Waals surface area contributed by atoms with Gasteiger partial charge in [0.25, 0.3) is 0 Å². The summed E-state index contributed by atoms with van der Waals surface area (Å²) in [7, 11) is -4.07. The molecule has 1 N–H and O–H groups in total. The van der Waals surface area contributed by atoms with E-state index < -0.39 is 10.1 Å². The molecule has 0 aliphatic heterocycles. The van der Waals surface area contributed by atoms with Gasteiger partial charge in [0.15, 0.2) is 0 Å². The van der Waals surface area contributed by atoms with Gasteiger partial charge in [0, 0.05) is 18.1 Å². The van der Waals surface area contributed by atoms with Gasteiger partial charge in [-0.2, -0.15) is 8.42 Å². The Morgan fingerprint density at radius 3 is 2.29 bits per heavy atom. The fraction of sp³-hybridized carbons (Fsp3) is 0.435. The molecule has 0 aliphatic rings. The lowest BCUT2D eigenvalue weighted by atomic mass is 10.1. The highest BCUT2D eigenvalue weighted by Crippen LogP contribution is 2.28. The van der Waals surface area contributed by atoms with Crippen LogP contribution in [0.1, 0.15) is 52.2 Å². The number of urea groups is 1. The molecule has 0 bridgehead atoms. The predicted octanol–water partition coefficient (Wildman–Crippen LogP) is 5.52. The minimum Gasteiger partial charge on any atom is -0.379 e. The Hall–Kier alpha value is -2.25. The third kappa shape index (κ3) is 6.87. The molecule has 0 aliphatic carbocycles. The lowest BCUT2D eigenvalue weighted by molar-refractivity contribution is 0.165. The van der Waals surface area contributed by atoms with Gasteiger partial charge in [0.2, 0.25) is 0 Å². The first kappa shape index (κ1) is 25.0. The van der Waals surface area contributed by atoms with Gasteiger partial charge in [-0.1, -0.05) is 42.8 Å². The van der Waals surface area contributed by atoms with Crippen LogP contribution in [0.4, 0.5) is 4.79 Å². The summed E-state index contributed by atoms with van der Waals surface area (Å²) in [6, 6.07) is 11.4. The average Bonchev–Trinajstić information content (AvgIpc) is 2.64. The lowest BCUT2D eigenvalue weighted by Crippen LogP contribution is -2.50. The minimum absolute atomic E-state index is 0.0393. The van der Waals surface area contributed by atoms with Crippen molar-refractivity contribution in [2.75, 3.05) is 0 Å². The highest BCUT2D eigenvalue weighted by atomic mass is 35.5. The molecule has 0 spiro atoms. The smallest absolute Gasteiger partial charge is 0.340 e. The third-order valence-corrected chi connectivity index (χ3v) is 6.64. The van der Waals surface area contributed by atoms with Crippen LogP contribution in [0.5, 0.6) is 5.75 Å². The Kier molecular flexibility index (Phi) is 8.00. The summed E-state index contributed by atoms with van der Waals surface area (Å²) in [4.78, 5) is 14.5. The van der Waals surface area contributed by atoms with Gasteiger partial charge < -0.3 is 14.4 Å². The van der Waals surface area contributed by atoms with Crippen molar-refractivity contribution in [3.8, 4) is 5.75 Å². The van der Waals surface area contributed by atoms with Crippen molar-refractivity contribution in [1.82, 2.24) is 10.2 Å². The molecule has 0 aromatic heterocycles. The monoisotopic (exact) mass is 466 g/mol. The zero-order valence-corrected chi connectivity index (χ0v) is 20.5. The van der Waals surface area contributed by atoms with E-state index in [1.165, 1.54) is 6.07 Å². The number of nitrogens with one attached hydrogen (secondary N) is 1. The number of nitrogens with zero attached hydrogens (tertiary/aromatic N) is 1. The molecule has 8 heteroatoms. The molecular weight excluding hydrogens is 436 g/mol. The number of carbonyl (C=O) groups excluding carboxylic acids is 1. The summed E-state index contributed by atoms with van der Waals surface area (Å²) < 4.78 is 30.7. The first-order valence-corrected chi connectivity index (χ1v) is 12.0. The highest BCUT2D eigenvalue weighted by molar-refractivity contribution is 7.87. The summed E-state index contributed by atoms with van der Waals surface area (Å²) in [5.41, 5.74) is 1.03. The zero-order chi connectivity index (χ0) is 23.4. The van der Waals surface area contributed by atoms with Crippen LogP contribution in [0.2, 0.25) is 5.02 Å². The van der Waals surface area contributed by atoms with E-state index in [4.69, 9.17) is 15.8 Å². The number of carbonyl (C=O) groups is 1. The topological polar surface area (TPSA) is 75.7 Å². The molecule has 31 heavy (non-hydrogen) atoms. The van der Waals surface area contributed by atoms with Crippen molar-refractivity contribution in [3.05, 3.63) is 58.6 Å². The largest absolute Gasteiger partial charge is 0.379 e. The lowest BCUT2D eigenvalue weighted by Gasteiger charge is -2.32. The van der Waals surface area contributed by atoms with Gasteiger partial charge >= 0.3 is 16.1 Å². The van der Waals surface area contributed by atoms with Crippen molar-refractivity contribution in [3.63, 3.8) is 0 Å². The summed E-state index contributed by atoms with van der Waals surface area (Å²) in [5.74, 6) is 0.178. The second kappa shape index (κ2) is 9.92. The fourth-order valence-corrected chi connectivity index (χ4v) is 4.71. The predicted molar refractivity (Wildman–Crippen MR) is 124 cm³/mol. The van der Waals surface area contributed by atoms with E-state index in [1.54, 1.807) is 48.2 Å². The fourth-order valence-electron chi connectivity index (χ4n) is 2.99. The van der Waals surface area contributed by atoms with Crippen molar-refractivity contribution >= 4 is 27.8 Å². The van der Waals surface area contributed by atoms with Crippen LogP contribution in [0, 0.1) is 6.92 Å². The van der Waals surface area contributed by atoms with Gasteiger partial charge in [-0.25, -0.2) is 4.79 Å². The van der Waals surface area contributed by atoms with Crippen molar-refractivity contribution in [2.24, 2.45) is 0 Å². The highest BCUT2D eigenvalue weighted by Gasteiger charge is 2.24. The molecule has 2 rings (SSSR count). The Balaban J connectivity index is 2.19. The van der Waals surface area contributed by atoms with Gasteiger partial charge in [-0.05, 0) is 70.4 Å². The van der Waals surface area contributed by atoms with Gasteiger partial charge in [0.05, 0.1) is 5.02 Å². The molecule has 0 fully saturated rings.